The summed E-state index contributed by atoms with van der Waals surface area (Å²) in [6, 6.07) is 5.69. The van der Waals surface area contributed by atoms with Crippen LogP contribution in [0.5, 0.6) is 11.5 Å². The van der Waals surface area contributed by atoms with Crippen molar-refractivity contribution < 1.29 is 24.2 Å². The van der Waals surface area contributed by atoms with Crippen LogP contribution in [-0.2, 0) is 16.0 Å². The van der Waals surface area contributed by atoms with Crippen LogP contribution in [0.2, 0.25) is 0 Å². The number of amides is 1. The van der Waals surface area contributed by atoms with E-state index in [9.17, 15) is 9.59 Å². The standard InChI is InChI=1S/C19H25NO5/c1-24-16-6-7-17-13(11-16)10-14(12-25-17)19(23)20-9-3-2-4-15(20)5-8-18(21)22/h6-7,11,14-15H,2-5,8-10,12H2,1H3,(H,21,22). The summed E-state index contributed by atoms with van der Waals surface area (Å²) in [6.45, 7) is 1.09. The summed E-state index contributed by atoms with van der Waals surface area (Å²) in [5.41, 5.74) is 0.989. The molecular formula is C19H25NO5. The van der Waals surface area contributed by atoms with E-state index in [1.165, 1.54) is 0 Å². The number of aliphatic carboxylic acids is 1. The van der Waals surface area contributed by atoms with Crippen LogP contribution >= 0.6 is 0 Å². The maximum atomic E-state index is 13.0. The molecule has 0 saturated carbocycles. The Hall–Kier alpha value is -2.24. The Morgan fingerprint density at radius 3 is 2.96 bits per heavy atom. The summed E-state index contributed by atoms with van der Waals surface area (Å²) >= 11 is 0. The highest BCUT2D eigenvalue weighted by molar-refractivity contribution is 5.80. The van der Waals surface area contributed by atoms with E-state index >= 15 is 0 Å². The minimum absolute atomic E-state index is 0.0315. The van der Waals surface area contributed by atoms with E-state index < -0.39 is 5.97 Å². The van der Waals surface area contributed by atoms with Gasteiger partial charge < -0.3 is 19.5 Å². The minimum Gasteiger partial charge on any atom is -0.497 e. The molecule has 0 aromatic heterocycles. The van der Waals surface area contributed by atoms with Crippen molar-refractivity contribution in [3.8, 4) is 11.5 Å². The molecule has 2 unspecified atom stereocenters. The Morgan fingerprint density at radius 1 is 1.36 bits per heavy atom. The van der Waals surface area contributed by atoms with Crippen LogP contribution < -0.4 is 9.47 Å². The lowest BCUT2D eigenvalue weighted by Crippen LogP contribution is -2.48. The summed E-state index contributed by atoms with van der Waals surface area (Å²) in [4.78, 5) is 25.8. The summed E-state index contributed by atoms with van der Waals surface area (Å²) in [5.74, 6) is 0.632. The van der Waals surface area contributed by atoms with Crippen LogP contribution in [0.1, 0.15) is 37.7 Å². The Balaban J connectivity index is 1.69. The third kappa shape index (κ3) is 4.06. The molecule has 6 nitrogen and oxygen atoms in total. The van der Waals surface area contributed by atoms with E-state index in [0.717, 1.165) is 36.3 Å². The molecule has 2 atom stereocenters. The molecule has 0 bridgehead atoms. The number of rotatable bonds is 5. The fraction of sp³-hybridized carbons (Fsp3) is 0.579. The number of hydrogen-bond acceptors (Lipinski definition) is 4. The van der Waals surface area contributed by atoms with Gasteiger partial charge in [-0.05, 0) is 55.9 Å². The number of hydrogen-bond donors (Lipinski definition) is 1. The largest absolute Gasteiger partial charge is 0.497 e. The highest BCUT2D eigenvalue weighted by Gasteiger charge is 2.34. The summed E-state index contributed by atoms with van der Waals surface area (Å²) in [5, 5.41) is 8.94. The van der Waals surface area contributed by atoms with Gasteiger partial charge in [0.15, 0.2) is 0 Å². The number of fused-ring (bicyclic) bond motifs is 1. The molecule has 1 aromatic rings. The topological polar surface area (TPSA) is 76.1 Å². The van der Waals surface area contributed by atoms with Crippen molar-refractivity contribution >= 4 is 11.9 Å². The summed E-state index contributed by atoms with van der Waals surface area (Å²) < 4.78 is 11.0. The lowest BCUT2D eigenvalue weighted by Gasteiger charge is -2.38. The first-order valence-electron chi connectivity index (χ1n) is 8.90. The molecule has 1 saturated heterocycles. The van der Waals surface area contributed by atoms with Gasteiger partial charge in [0.2, 0.25) is 5.91 Å². The van der Waals surface area contributed by atoms with Gasteiger partial charge in [-0.2, -0.15) is 0 Å². The number of benzene rings is 1. The van der Waals surface area contributed by atoms with Crippen LogP contribution in [0.25, 0.3) is 0 Å². The molecular weight excluding hydrogens is 322 g/mol. The van der Waals surface area contributed by atoms with E-state index in [2.05, 4.69) is 0 Å². The Labute approximate surface area is 147 Å². The molecule has 136 valence electrons. The number of carbonyl (C=O) groups is 2. The van der Waals surface area contributed by atoms with Crippen molar-refractivity contribution in [3.63, 3.8) is 0 Å². The number of nitrogens with zero attached hydrogens (tertiary/aromatic N) is 1. The molecule has 2 heterocycles. The van der Waals surface area contributed by atoms with Gasteiger partial charge in [0.1, 0.15) is 18.1 Å². The van der Waals surface area contributed by atoms with Gasteiger partial charge in [-0.15, -0.1) is 0 Å². The molecule has 1 amide bonds. The van der Waals surface area contributed by atoms with Crippen LogP contribution in [0.3, 0.4) is 0 Å². The Bertz CT molecular complexity index is 645. The highest BCUT2D eigenvalue weighted by Crippen LogP contribution is 2.32. The second kappa shape index (κ2) is 7.76. The minimum atomic E-state index is -0.806. The van der Waals surface area contributed by atoms with Gasteiger partial charge in [0, 0.05) is 19.0 Å². The lowest BCUT2D eigenvalue weighted by molar-refractivity contribution is -0.143. The molecule has 2 aliphatic rings. The molecule has 6 heteroatoms. The number of ether oxygens (including phenoxy) is 2. The maximum absolute atomic E-state index is 13.0. The number of piperidine rings is 1. The lowest BCUT2D eigenvalue weighted by atomic mass is 9.91. The number of carbonyl (C=O) groups excluding carboxylic acids is 1. The molecule has 0 aliphatic carbocycles. The zero-order chi connectivity index (χ0) is 17.8. The number of likely N-dealkylation sites (tertiary alicyclic amines) is 1. The Kier molecular flexibility index (Phi) is 5.46. The van der Waals surface area contributed by atoms with E-state index in [1.807, 2.05) is 23.1 Å². The second-order valence-corrected chi connectivity index (χ2v) is 6.80. The van der Waals surface area contributed by atoms with Gasteiger partial charge in [0.05, 0.1) is 13.0 Å². The summed E-state index contributed by atoms with van der Waals surface area (Å²) in [6.07, 6.45) is 4.18. The second-order valence-electron chi connectivity index (χ2n) is 6.80. The fourth-order valence-corrected chi connectivity index (χ4v) is 3.77. The van der Waals surface area contributed by atoms with Gasteiger partial charge in [-0.3, -0.25) is 9.59 Å². The normalized spacial score (nSPS) is 22.7. The third-order valence-corrected chi connectivity index (χ3v) is 5.12. The average molecular weight is 347 g/mol. The zero-order valence-corrected chi connectivity index (χ0v) is 14.6. The first-order chi connectivity index (χ1) is 12.1. The molecule has 0 spiro atoms. The van der Waals surface area contributed by atoms with Gasteiger partial charge in [-0.1, -0.05) is 0 Å². The van der Waals surface area contributed by atoms with E-state index in [-0.39, 0.29) is 24.3 Å². The quantitative estimate of drug-likeness (QED) is 0.886. The maximum Gasteiger partial charge on any atom is 0.303 e. The smallest absolute Gasteiger partial charge is 0.303 e. The third-order valence-electron chi connectivity index (χ3n) is 5.12. The molecule has 25 heavy (non-hydrogen) atoms. The van der Waals surface area contributed by atoms with Crippen molar-refractivity contribution in [2.75, 3.05) is 20.3 Å². The van der Waals surface area contributed by atoms with Crippen LogP contribution in [0.15, 0.2) is 18.2 Å². The van der Waals surface area contributed by atoms with Gasteiger partial charge in [-0.25, -0.2) is 0 Å². The zero-order valence-electron chi connectivity index (χ0n) is 14.6. The predicted molar refractivity (Wildman–Crippen MR) is 91.9 cm³/mol. The highest BCUT2D eigenvalue weighted by atomic mass is 16.5. The van der Waals surface area contributed by atoms with Crippen LogP contribution in [0.4, 0.5) is 0 Å². The van der Waals surface area contributed by atoms with Gasteiger partial charge >= 0.3 is 5.97 Å². The monoisotopic (exact) mass is 347 g/mol. The molecule has 3 rings (SSSR count). The van der Waals surface area contributed by atoms with Crippen molar-refractivity contribution in [2.45, 2.75) is 44.6 Å². The van der Waals surface area contributed by atoms with E-state index in [4.69, 9.17) is 14.6 Å². The van der Waals surface area contributed by atoms with Gasteiger partial charge in [0.25, 0.3) is 0 Å². The van der Waals surface area contributed by atoms with E-state index in [1.54, 1.807) is 7.11 Å². The van der Waals surface area contributed by atoms with Crippen molar-refractivity contribution in [1.82, 2.24) is 4.90 Å². The van der Waals surface area contributed by atoms with Crippen molar-refractivity contribution in [1.29, 1.82) is 0 Å². The number of carboxylic acids is 1. The van der Waals surface area contributed by atoms with Crippen molar-refractivity contribution in [2.24, 2.45) is 5.92 Å². The molecule has 0 radical (unpaired) electrons. The van der Waals surface area contributed by atoms with Crippen LogP contribution in [-0.4, -0.2) is 48.2 Å². The summed E-state index contributed by atoms with van der Waals surface area (Å²) in [7, 11) is 1.62. The average Bonchev–Trinajstić information content (AvgIpc) is 2.65. The molecule has 1 aromatic carbocycles. The first-order valence-corrected chi connectivity index (χ1v) is 8.90. The predicted octanol–water partition coefficient (Wildman–Crippen LogP) is 2.49. The molecule has 1 N–H and O–H groups in total. The fourth-order valence-electron chi connectivity index (χ4n) is 3.77. The van der Waals surface area contributed by atoms with Crippen molar-refractivity contribution in [3.05, 3.63) is 23.8 Å². The Morgan fingerprint density at radius 2 is 2.20 bits per heavy atom. The number of carboxylic acid groups (broad SMARTS) is 1. The SMILES string of the molecule is COc1ccc2c(c1)CC(C(=O)N1CCCCC1CCC(=O)O)CO2. The molecule has 2 aliphatic heterocycles. The molecule has 1 fully saturated rings. The first kappa shape index (κ1) is 17.6. The van der Waals surface area contributed by atoms with E-state index in [0.29, 0.717) is 26.0 Å². The number of methoxy groups -OCH3 is 1. The van der Waals surface area contributed by atoms with Crippen LogP contribution in [0, 0.1) is 5.92 Å².